The molecule has 2 saturated heterocycles. The summed E-state index contributed by atoms with van der Waals surface area (Å²) in [4.78, 5) is 25.4. The number of morpholine rings is 1. The predicted molar refractivity (Wildman–Crippen MR) is 141 cm³/mol. The third-order valence-corrected chi connectivity index (χ3v) is 6.92. The number of ether oxygens (including phenoxy) is 3. The van der Waals surface area contributed by atoms with Gasteiger partial charge in [-0.05, 0) is 36.1 Å². The molecule has 2 aromatic rings. The molecule has 1 amide bonds. The van der Waals surface area contributed by atoms with Crippen LogP contribution >= 0.6 is 0 Å². The van der Waals surface area contributed by atoms with Gasteiger partial charge in [0.1, 0.15) is 0 Å². The number of nitrogens with zero attached hydrogens (tertiary/aromatic N) is 1. The molecule has 2 fully saturated rings. The molecule has 2 aromatic carbocycles. The van der Waals surface area contributed by atoms with Crippen molar-refractivity contribution in [3.63, 3.8) is 0 Å². The molecule has 0 saturated carbocycles. The zero-order valence-electron chi connectivity index (χ0n) is 21.7. The quantitative estimate of drug-likeness (QED) is 0.355. The normalized spacial score (nSPS) is 22.2. The van der Waals surface area contributed by atoms with Crippen LogP contribution in [0.25, 0.3) is 0 Å². The molecule has 3 N–H and O–H groups in total. The number of amides is 1. The molecule has 38 heavy (non-hydrogen) atoms. The van der Waals surface area contributed by atoms with E-state index in [2.05, 4.69) is 10.2 Å². The Balaban J connectivity index is 1.41. The zero-order valence-corrected chi connectivity index (χ0v) is 21.7. The van der Waals surface area contributed by atoms with Crippen LogP contribution in [-0.4, -0.2) is 65.9 Å². The molecule has 0 unspecified atom stereocenters. The van der Waals surface area contributed by atoms with Gasteiger partial charge in [-0.3, -0.25) is 14.5 Å². The van der Waals surface area contributed by atoms with Crippen LogP contribution < -0.4 is 5.32 Å². The van der Waals surface area contributed by atoms with E-state index < -0.39 is 12.3 Å². The first-order valence-corrected chi connectivity index (χ1v) is 13.4. The first-order chi connectivity index (χ1) is 18.5. The number of carboxylic acids is 1. The third-order valence-electron chi connectivity index (χ3n) is 6.92. The largest absolute Gasteiger partial charge is 0.481 e. The first-order valence-electron chi connectivity index (χ1n) is 13.4. The van der Waals surface area contributed by atoms with Gasteiger partial charge in [-0.2, -0.15) is 0 Å². The van der Waals surface area contributed by atoms with Gasteiger partial charge in [-0.1, -0.05) is 42.8 Å². The number of anilines is 1. The number of nitrogens with one attached hydrogen (secondary N) is 1. The Bertz CT molecular complexity index is 1040. The Morgan fingerprint density at radius 2 is 1.71 bits per heavy atom. The number of aliphatic hydroxyl groups excluding tert-OH is 1. The maximum absolute atomic E-state index is 12.4. The Kier molecular flexibility index (Phi) is 10.7. The van der Waals surface area contributed by atoms with Crippen molar-refractivity contribution in [2.75, 3.05) is 38.2 Å². The summed E-state index contributed by atoms with van der Waals surface area (Å²) < 4.78 is 18.4. The van der Waals surface area contributed by atoms with E-state index in [9.17, 15) is 14.7 Å². The van der Waals surface area contributed by atoms with Crippen molar-refractivity contribution < 1.29 is 34.0 Å². The summed E-state index contributed by atoms with van der Waals surface area (Å²) in [6.45, 7) is 3.98. The molecule has 9 heteroatoms. The number of unbranched alkanes of at least 4 members (excludes halogenated alkanes) is 2. The molecular weight excluding hydrogens is 488 g/mol. The van der Waals surface area contributed by atoms with Gasteiger partial charge >= 0.3 is 5.97 Å². The van der Waals surface area contributed by atoms with Gasteiger partial charge in [-0.15, -0.1) is 0 Å². The highest BCUT2D eigenvalue weighted by molar-refractivity contribution is 5.90. The van der Waals surface area contributed by atoms with E-state index >= 15 is 0 Å². The Labute approximate surface area is 223 Å². The highest BCUT2D eigenvalue weighted by atomic mass is 16.7. The minimum absolute atomic E-state index is 0.00194. The van der Waals surface area contributed by atoms with Crippen LogP contribution in [0.15, 0.2) is 48.5 Å². The lowest BCUT2D eigenvalue weighted by Crippen LogP contribution is -2.44. The molecule has 2 heterocycles. The van der Waals surface area contributed by atoms with E-state index in [1.54, 1.807) is 0 Å². The van der Waals surface area contributed by atoms with E-state index in [1.807, 2.05) is 48.5 Å². The van der Waals surface area contributed by atoms with Crippen molar-refractivity contribution in [3.05, 3.63) is 65.2 Å². The Morgan fingerprint density at radius 1 is 0.947 bits per heavy atom. The summed E-state index contributed by atoms with van der Waals surface area (Å²) in [5.74, 6) is -0.912. The fourth-order valence-electron chi connectivity index (χ4n) is 4.83. The van der Waals surface area contributed by atoms with Gasteiger partial charge < -0.3 is 29.7 Å². The Morgan fingerprint density at radius 3 is 2.45 bits per heavy atom. The number of hydrogen-bond acceptors (Lipinski definition) is 7. The number of carbonyl (C=O) groups excluding carboxylic acids is 1. The van der Waals surface area contributed by atoms with Gasteiger partial charge in [-0.25, -0.2) is 0 Å². The minimum atomic E-state index is -0.810. The van der Waals surface area contributed by atoms with Crippen molar-refractivity contribution in [1.29, 1.82) is 0 Å². The van der Waals surface area contributed by atoms with E-state index in [0.717, 1.165) is 49.5 Å². The SMILES string of the molecule is O=C(O)CCCCCC(=O)Nc1cccc([C@@H]2O[C@H](CN3CCOCC3)C[C@H](c3ccc(CO)cc3)O2)c1. The second-order valence-electron chi connectivity index (χ2n) is 9.89. The Hall–Kier alpha value is -2.82. The summed E-state index contributed by atoms with van der Waals surface area (Å²) in [6, 6.07) is 15.4. The maximum Gasteiger partial charge on any atom is 0.303 e. The highest BCUT2D eigenvalue weighted by Crippen LogP contribution is 2.38. The predicted octanol–water partition coefficient (Wildman–Crippen LogP) is 4.03. The van der Waals surface area contributed by atoms with Crippen molar-refractivity contribution in [1.82, 2.24) is 4.90 Å². The van der Waals surface area contributed by atoms with E-state index in [0.29, 0.717) is 37.8 Å². The van der Waals surface area contributed by atoms with Crippen molar-refractivity contribution in [3.8, 4) is 0 Å². The number of aliphatic hydroxyl groups is 1. The van der Waals surface area contributed by atoms with E-state index in [4.69, 9.17) is 19.3 Å². The number of rotatable bonds is 12. The van der Waals surface area contributed by atoms with Gasteiger partial charge in [0.05, 0.1) is 32.0 Å². The van der Waals surface area contributed by atoms with Crippen LogP contribution in [0, 0.1) is 0 Å². The average molecular weight is 527 g/mol. The second-order valence-corrected chi connectivity index (χ2v) is 9.89. The first kappa shape index (κ1) is 28.2. The molecule has 0 bridgehead atoms. The standard InChI is InChI=1S/C29H38N2O7/c32-20-21-9-11-22(12-10-21)26-18-25(19-31-13-15-36-16-14-31)37-29(38-26)23-5-4-6-24(17-23)30-27(33)7-2-1-3-8-28(34)35/h4-6,9-12,17,25-26,29,32H,1-3,7-8,13-16,18-20H2,(H,30,33)(H,34,35)/t25-,26+,29+/m0/s1. The number of carboxylic acid groups (broad SMARTS) is 1. The lowest BCUT2D eigenvalue weighted by molar-refractivity contribution is -0.253. The smallest absolute Gasteiger partial charge is 0.303 e. The maximum atomic E-state index is 12.4. The molecule has 0 spiro atoms. The number of carbonyl (C=O) groups is 2. The number of benzene rings is 2. The van der Waals surface area contributed by atoms with Crippen molar-refractivity contribution in [2.45, 2.75) is 63.6 Å². The number of aliphatic carboxylic acids is 1. The van der Waals surface area contributed by atoms with Crippen LogP contribution in [0.1, 0.15) is 67.6 Å². The van der Waals surface area contributed by atoms with Crippen molar-refractivity contribution >= 4 is 17.6 Å². The monoisotopic (exact) mass is 526 g/mol. The van der Waals surface area contributed by atoms with Gasteiger partial charge in [0.2, 0.25) is 5.91 Å². The second kappa shape index (κ2) is 14.4. The van der Waals surface area contributed by atoms with E-state index in [-0.39, 0.29) is 31.1 Å². The fourth-order valence-corrected chi connectivity index (χ4v) is 4.83. The lowest BCUT2D eigenvalue weighted by atomic mass is 9.99. The molecule has 3 atom stereocenters. The summed E-state index contributed by atoms with van der Waals surface area (Å²) in [6.07, 6.45) is 2.30. The van der Waals surface area contributed by atoms with E-state index in [1.165, 1.54) is 0 Å². The molecule has 0 aromatic heterocycles. The van der Waals surface area contributed by atoms with Crippen LogP contribution in [0.3, 0.4) is 0 Å². The molecule has 4 rings (SSSR count). The molecule has 0 aliphatic carbocycles. The molecular formula is C29H38N2O7. The summed E-state index contributed by atoms with van der Waals surface area (Å²) in [5.41, 5.74) is 3.39. The number of hydrogen-bond donors (Lipinski definition) is 3. The van der Waals surface area contributed by atoms with Crippen LogP contribution in [0.4, 0.5) is 5.69 Å². The molecule has 2 aliphatic heterocycles. The lowest BCUT2D eigenvalue weighted by Gasteiger charge is -2.39. The molecule has 9 nitrogen and oxygen atoms in total. The van der Waals surface area contributed by atoms with Gasteiger partial charge in [0.25, 0.3) is 0 Å². The highest BCUT2D eigenvalue weighted by Gasteiger charge is 2.33. The molecule has 2 aliphatic rings. The minimum Gasteiger partial charge on any atom is -0.481 e. The zero-order chi connectivity index (χ0) is 26.7. The third kappa shape index (κ3) is 8.61. The molecule has 206 valence electrons. The van der Waals surface area contributed by atoms with Crippen LogP contribution in [-0.2, 0) is 30.4 Å². The van der Waals surface area contributed by atoms with Crippen molar-refractivity contribution in [2.24, 2.45) is 0 Å². The average Bonchev–Trinajstić information content (AvgIpc) is 2.93. The topological polar surface area (TPSA) is 118 Å². The van der Waals surface area contributed by atoms with Gasteiger partial charge in [0, 0.05) is 50.1 Å². The van der Waals surface area contributed by atoms with Crippen LogP contribution in [0.5, 0.6) is 0 Å². The summed E-state index contributed by atoms with van der Waals surface area (Å²) in [5, 5.41) is 21.1. The fraction of sp³-hybridized carbons (Fsp3) is 0.517. The summed E-state index contributed by atoms with van der Waals surface area (Å²) >= 11 is 0. The van der Waals surface area contributed by atoms with Crippen LogP contribution in [0.2, 0.25) is 0 Å². The van der Waals surface area contributed by atoms with Gasteiger partial charge in [0.15, 0.2) is 6.29 Å². The summed E-state index contributed by atoms with van der Waals surface area (Å²) in [7, 11) is 0. The molecule has 0 radical (unpaired) electrons.